The SMILES string of the molecule is CC.CCCC(O)(COc1ccc(C(CC)(CC)c2ccc(C(=O)NC(C)C(=O)O)c(C)c2)cc1C)C(C)(C)C. The van der Waals surface area contributed by atoms with Crippen molar-refractivity contribution in [1.29, 1.82) is 0 Å². The molecule has 40 heavy (non-hydrogen) atoms. The summed E-state index contributed by atoms with van der Waals surface area (Å²) >= 11 is 0. The summed E-state index contributed by atoms with van der Waals surface area (Å²) in [5.74, 6) is -0.692. The van der Waals surface area contributed by atoms with Gasteiger partial charge in [0.1, 0.15) is 24.0 Å². The van der Waals surface area contributed by atoms with E-state index < -0.39 is 23.5 Å². The molecule has 0 fully saturated rings. The van der Waals surface area contributed by atoms with Gasteiger partial charge in [-0.25, -0.2) is 0 Å². The predicted octanol–water partition coefficient (Wildman–Crippen LogP) is 7.59. The number of carbonyl (C=O) groups is 2. The van der Waals surface area contributed by atoms with Gasteiger partial charge >= 0.3 is 5.97 Å². The van der Waals surface area contributed by atoms with E-state index in [9.17, 15) is 14.7 Å². The molecule has 0 heterocycles. The Bertz CT molecular complexity index is 1130. The largest absolute Gasteiger partial charge is 0.490 e. The third kappa shape index (κ3) is 7.87. The van der Waals surface area contributed by atoms with Gasteiger partial charge in [-0.1, -0.05) is 86.1 Å². The van der Waals surface area contributed by atoms with Gasteiger partial charge in [0.05, 0.1) is 0 Å². The Kier molecular flexibility index (Phi) is 12.9. The fourth-order valence-electron chi connectivity index (χ4n) is 5.17. The van der Waals surface area contributed by atoms with Crippen molar-refractivity contribution >= 4 is 11.9 Å². The molecular formula is C34H53NO5. The zero-order valence-corrected chi connectivity index (χ0v) is 26.7. The molecule has 1 amide bonds. The summed E-state index contributed by atoms with van der Waals surface area (Å²) in [5, 5.41) is 23.0. The van der Waals surface area contributed by atoms with Crippen LogP contribution in [0.5, 0.6) is 5.75 Å². The molecule has 2 atom stereocenters. The minimum Gasteiger partial charge on any atom is -0.490 e. The first-order chi connectivity index (χ1) is 18.7. The molecular weight excluding hydrogens is 502 g/mol. The van der Waals surface area contributed by atoms with Gasteiger partial charge < -0.3 is 20.3 Å². The second-order valence-electron chi connectivity index (χ2n) is 11.7. The van der Waals surface area contributed by atoms with Crippen LogP contribution in [0, 0.1) is 19.3 Å². The number of hydrogen-bond acceptors (Lipinski definition) is 4. The van der Waals surface area contributed by atoms with Crippen molar-refractivity contribution in [2.75, 3.05) is 6.61 Å². The van der Waals surface area contributed by atoms with Crippen molar-refractivity contribution in [3.05, 3.63) is 64.2 Å². The van der Waals surface area contributed by atoms with E-state index >= 15 is 0 Å². The fraction of sp³-hybridized carbons (Fsp3) is 0.588. The summed E-state index contributed by atoms with van der Waals surface area (Å²) in [6, 6.07) is 11.1. The normalized spacial score (nSPS) is 13.9. The van der Waals surface area contributed by atoms with Crippen LogP contribution in [-0.2, 0) is 10.2 Å². The third-order valence-electron chi connectivity index (χ3n) is 8.20. The molecule has 6 nitrogen and oxygen atoms in total. The summed E-state index contributed by atoms with van der Waals surface area (Å²) < 4.78 is 6.20. The Morgan fingerprint density at radius 3 is 1.88 bits per heavy atom. The number of nitrogens with one attached hydrogen (secondary N) is 1. The smallest absolute Gasteiger partial charge is 0.325 e. The molecule has 0 saturated carbocycles. The van der Waals surface area contributed by atoms with E-state index in [4.69, 9.17) is 9.84 Å². The summed E-state index contributed by atoms with van der Waals surface area (Å²) in [4.78, 5) is 23.8. The zero-order valence-electron chi connectivity index (χ0n) is 26.7. The molecule has 0 aliphatic heterocycles. The number of ether oxygens (including phenoxy) is 1. The fourth-order valence-corrected chi connectivity index (χ4v) is 5.17. The van der Waals surface area contributed by atoms with Crippen LogP contribution < -0.4 is 10.1 Å². The van der Waals surface area contributed by atoms with E-state index in [0.29, 0.717) is 12.0 Å². The van der Waals surface area contributed by atoms with E-state index in [1.54, 1.807) is 6.07 Å². The molecule has 6 heteroatoms. The van der Waals surface area contributed by atoms with E-state index in [-0.39, 0.29) is 17.4 Å². The summed E-state index contributed by atoms with van der Waals surface area (Å²) in [5.41, 5.74) is 3.09. The van der Waals surface area contributed by atoms with Gasteiger partial charge in [0.2, 0.25) is 0 Å². The minimum atomic E-state index is -1.07. The van der Waals surface area contributed by atoms with Crippen LogP contribution in [0.15, 0.2) is 36.4 Å². The lowest BCUT2D eigenvalue weighted by Gasteiger charge is -2.40. The molecule has 0 aliphatic rings. The average molecular weight is 556 g/mol. The standard InChI is InChI=1S/C32H47NO5.C2H6/c1-10-17-32(37,30(7,8)9)20-38-27-16-14-25(19-22(27)5)31(11-2,12-3)24-13-15-26(21(4)18-24)28(34)33-23(6)29(35)36;1-2/h13-16,18-19,23,37H,10-12,17,20H2,1-9H3,(H,33,34)(H,35,36);1-2H3. The van der Waals surface area contributed by atoms with Gasteiger partial charge in [0, 0.05) is 11.0 Å². The molecule has 2 aromatic rings. The first-order valence-electron chi connectivity index (χ1n) is 14.8. The number of aliphatic hydroxyl groups is 1. The molecule has 0 aromatic heterocycles. The number of aliphatic carboxylic acids is 1. The third-order valence-corrected chi connectivity index (χ3v) is 8.20. The molecule has 2 aromatic carbocycles. The van der Waals surface area contributed by atoms with E-state index in [0.717, 1.165) is 41.7 Å². The van der Waals surface area contributed by atoms with E-state index in [1.165, 1.54) is 12.5 Å². The number of aryl methyl sites for hydroxylation is 2. The number of amides is 1. The number of carboxylic acids is 1. The topological polar surface area (TPSA) is 95.9 Å². The number of benzene rings is 2. The second-order valence-corrected chi connectivity index (χ2v) is 11.7. The number of carbonyl (C=O) groups excluding carboxylic acids is 1. The highest BCUT2D eigenvalue weighted by Crippen LogP contribution is 2.41. The van der Waals surface area contributed by atoms with Crippen molar-refractivity contribution in [3.8, 4) is 5.75 Å². The number of carboxylic acid groups (broad SMARTS) is 1. The summed E-state index contributed by atoms with van der Waals surface area (Å²) in [6.07, 6.45) is 3.28. The molecule has 0 radical (unpaired) electrons. The van der Waals surface area contributed by atoms with Crippen LogP contribution >= 0.6 is 0 Å². The highest BCUT2D eigenvalue weighted by atomic mass is 16.5. The molecule has 3 N–H and O–H groups in total. The Morgan fingerprint density at radius 1 is 0.925 bits per heavy atom. The monoisotopic (exact) mass is 555 g/mol. The molecule has 0 aliphatic carbocycles. The highest BCUT2D eigenvalue weighted by Gasteiger charge is 2.40. The molecule has 2 unspecified atom stereocenters. The van der Waals surface area contributed by atoms with Crippen molar-refractivity contribution in [3.63, 3.8) is 0 Å². The Morgan fingerprint density at radius 2 is 1.45 bits per heavy atom. The van der Waals surface area contributed by atoms with Gasteiger partial charge in [-0.15, -0.1) is 0 Å². The predicted molar refractivity (Wildman–Crippen MR) is 164 cm³/mol. The van der Waals surface area contributed by atoms with Crippen molar-refractivity contribution in [2.24, 2.45) is 5.41 Å². The lowest BCUT2D eigenvalue weighted by molar-refractivity contribution is -0.138. The Labute approximate surface area is 242 Å². The molecule has 0 spiro atoms. The maximum atomic E-state index is 12.7. The van der Waals surface area contributed by atoms with Crippen molar-refractivity contribution < 1.29 is 24.5 Å². The Balaban J connectivity index is 0.00000391. The van der Waals surface area contributed by atoms with Crippen LogP contribution in [0.25, 0.3) is 0 Å². The maximum absolute atomic E-state index is 12.7. The minimum absolute atomic E-state index is 0.237. The van der Waals surface area contributed by atoms with Gasteiger partial charge in [0.25, 0.3) is 5.91 Å². The van der Waals surface area contributed by atoms with Crippen LogP contribution in [0.2, 0.25) is 0 Å². The average Bonchev–Trinajstić information content (AvgIpc) is 2.89. The summed E-state index contributed by atoms with van der Waals surface area (Å²) in [7, 11) is 0. The van der Waals surface area contributed by atoms with Gasteiger partial charge in [0.15, 0.2) is 0 Å². The van der Waals surface area contributed by atoms with E-state index in [1.807, 2.05) is 66.7 Å². The Hall–Kier alpha value is -2.86. The van der Waals surface area contributed by atoms with Crippen molar-refractivity contribution in [1.82, 2.24) is 5.32 Å². The lowest BCUT2D eigenvalue weighted by Crippen LogP contribution is -2.47. The molecule has 0 bridgehead atoms. The van der Waals surface area contributed by atoms with Gasteiger partial charge in [-0.3, -0.25) is 9.59 Å². The molecule has 224 valence electrons. The second kappa shape index (κ2) is 14.7. The van der Waals surface area contributed by atoms with Gasteiger partial charge in [-0.2, -0.15) is 0 Å². The first-order valence-corrected chi connectivity index (χ1v) is 14.8. The van der Waals surface area contributed by atoms with Crippen LogP contribution in [0.3, 0.4) is 0 Å². The number of hydrogen-bond donors (Lipinski definition) is 3. The molecule has 2 rings (SSSR count). The first kappa shape index (κ1) is 35.2. The van der Waals surface area contributed by atoms with E-state index in [2.05, 4.69) is 38.2 Å². The van der Waals surface area contributed by atoms with Crippen LogP contribution in [0.4, 0.5) is 0 Å². The maximum Gasteiger partial charge on any atom is 0.325 e. The zero-order chi connectivity index (χ0) is 30.9. The summed E-state index contributed by atoms with van der Waals surface area (Å²) in [6.45, 7) is 22.1. The van der Waals surface area contributed by atoms with Crippen molar-refractivity contribution in [2.45, 2.75) is 119 Å². The number of rotatable bonds is 12. The highest BCUT2D eigenvalue weighted by molar-refractivity contribution is 5.97. The van der Waals surface area contributed by atoms with Crippen LogP contribution in [0.1, 0.15) is 121 Å². The quantitative estimate of drug-likeness (QED) is 0.251. The molecule has 0 saturated heterocycles. The van der Waals surface area contributed by atoms with Crippen LogP contribution in [-0.4, -0.2) is 40.3 Å². The lowest BCUT2D eigenvalue weighted by atomic mass is 9.70. The van der Waals surface area contributed by atoms with Gasteiger partial charge in [-0.05, 0) is 79.8 Å².